The first-order chi connectivity index (χ1) is 13.1. The molecule has 27 heavy (non-hydrogen) atoms. The third kappa shape index (κ3) is 4.62. The Kier molecular flexibility index (Phi) is 6.02. The number of fused-ring (bicyclic) bond motifs is 1. The summed E-state index contributed by atoms with van der Waals surface area (Å²) in [6, 6.07) is 18.0. The highest BCUT2D eigenvalue weighted by Crippen LogP contribution is 2.25. The SMILES string of the molecule is O=C(CNC(=O)c1ccccc1I)N/N=C/c1c(O)ccc2ccccc12. The quantitative estimate of drug-likeness (QED) is 0.302. The smallest absolute Gasteiger partial charge is 0.259 e. The summed E-state index contributed by atoms with van der Waals surface area (Å²) < 4.78 is 0.803. The van der Waals surface area contributed by atoms with Crippen LogP contribution in [0.3, 0.4) is 0 Å². The summed E-state index contributed by atoms with van der Waals surface area (Å²) in [7, 11) is 0. The number of phenols is 1. The van der Waals surface area contributed by atoms with Crippen molar-refractivity contribution in [2.75, 3.05) is 6.54 Å². The number of nitrogens with zero attached hydrogens (tertiary/aromatic N) is 1. The van der Waals surface area contributed by atoms with Crippen molar-refractivity contribution in [2.24, 2.45) is 5.10 Å². The van der Waals surface area contributed by atoms with Gasteiger partial charge < -0.3 is 10.4 Å². The number of hydrogen-bond donors (Lipinski definition) is 3. The van der Waals surface area contributed by atoms with Gasteiger partial charge in [-0.05, 0) is 51.6 Å². The van der Waals surface area contributed by atoms with Gasteiger partial charge in [0.2, 0.25) is 0 Å². The molecule has 3 rings (SSSR count). The lowest BCUT2D eigenvalue weighted by atomic mass is 10.0. The molecule has 0 aromatic heterocycles. The molecule has 2 amide bonds. The van der Waals surface area contributed by atoms with Gasteiger partial charge in [-0.15, -0.1) is 0 Å². The van der Waals surface area contributed by atoms with Gasteiger partial charge in [0.05, 0.1) is 18.3 Å². The van der Waals surface area contributed by atoms with Crippen molar-refractivity contribution >= 4 is 51.4 Å². The average Bonchev–Trinajstić information content (AvgIpc) is 2.68. The molecule has 0 spiro atoms. The predicted octanol–water partition coefficient (Wildman–Crippen LogP) is 3.03. The second-order valence-electron chi connectivity index (χ2n) is 5.68. The molecule has 0 aliphatic carbocycles. The molecule has 6 nitrogen and oxygen atoms in total. The minimum absolute atomic E-state index is 0.0682. The lowest BCUT2D eigenvalue weighted by Gasteiger charge is -2.06. The molecule has 0 bridgehead atoms. The second-order valence-corrected chi connectivity index (χ2v) is 6.84. The van der Waals surface area contributed by atoms with E-state index in [4.69, 9.17) is 0 Å². The fourth-order valence-corrected chi connectivity index (χ4v) is 3.16. The van der Waals surface area contributed by atoms with Crippen LogP contribution in [-0.4, -0.2) is 29.7 Å². The van der Waals surface area contributed by atoms with E-state index >= 15 is 0 Å². The highest BCUT2D eigenvalue weighted by atomic mass is 127. The van der Waals surface area contributed by atoms with Gasteiger partial charge in [0.1, 0.15) is 5.75 Å². The number of rotatable bonds is 5. The molecule has 3 N–H and O–H groups in total. The van der Waals surface area contributed by atoms with E-state index in [1.807, 2.05) is 36.4 Å². The lowest BCUT2D eigenvalue weighted by molar-refractivity contribution is -0.120. The Morgan fingerprint density at radius 3 is 2.59 bits per heavy atom. The van der Waals surface area contributed by atoms with Crippen LogP contribution in [0.2, 0.25) is 0 Å². The second kappa shape index (κ2) is 8.63. The fraction of sp³-hybridized carbons (Fsp3) is 0.0500. The average molecular weight is 473 g/mol. The molecular weight excluding hydrogens is 457 g/mol. The van der Waals surface area contributed by atoms with Crippen LogP contribution in [0.4, 0.5) is 0 Å². The summed E-state index contributed by atoms with van der Waals surface area (Å²) in [5.41, 5.74) is 3.37. The van der Waals surface area contributed by atoms with Crippen molar-refractivity contribution in [2.45, 2.75) is 0 Å². The lowest BCUT2D eigenvalue weighted by Crippen LogP contribution is -2.35. The van der Waals surface area contributed by atoms with Gasteiger partial charge in [0.25, 0.3) is 11.8 Å². The number of phenolic OH excluding ortho intramolecular Hbond substituents is 1. The molecule has 0 atom stereocenters. The zero-order chi connectivity index (χ0) is 19.2. The monoisotopic (exact) mass is 473 g/mol. The molecule has 0 saturated carbocycles. The first kappa shape index (κ1) is 18.8. The number of nitrogens with one attached hydrogen (secondary N) is 2. The molecule has 0 saturated heterocycles. The molecule has 0 radical (unpaired) electrons. The van der Waals surface area contributed by atoms with Gasteiger partial charge in [-0.3, -0.25) is 9.59 Å². The van der Waals surface area contributed by atoms with Crippen molar-refractivity contribution < 1.29 is 14.7 Å². The Balaban J connectivity index is 1.61. The van der Waals surface area contributed by atoms with E-state index in [0.717, 1.165) is 14.3 Å². The van der Waals surface area contributed by atoms with Crippen molar-refractivity contribution in [3.63, 3.8) is 0 Å². The molecule has 7 heteroatoms. The molecule has 0 unspecified atom stereocenters. The zero-order valence-corrected chi connectivity index (χ0v) is 16.3. The minimum atomic E-state index is -0.467. The Morgan fingerprint density at radius 1 is 1.04 bits per heavy atom. The molecule has 136 valence electrons. The van der Waals surface area contributed by atoms with E-state index in [0.29, 0.717) is 11.1 Å². The number of carbonyl (C=O) groups is 2. The highest BCUT2D eigenvalue weighted by Gasteiger charge is 2.10. The Hall–Kier alpha value is -2.94. The van der Waals surface area contributed by atoms with Gasteiger partial charge in [-0.2, -0.15) is 5.10 Å². The van der Waals surface area contributed by atoms with E-state index in [1.54, 1.807) is 24.3 Å². The summed E-state index contributed by atoms with van der Waals surface area (Å²) in [6.45, 7) is -0.206. The van der Waals surface area contributed by atoms with E-state index in [9.17, 15) is 14.7 Å². The summed E-state index contributed by atoms with van der Waals surface area (Å²) in [6.07, 6.45) is 1.39. The van der Waals surface area contributed by atoms with Crippen LogP contribution in [0.25, 0.3) is 10.8 Å². The maximum absolute atomic E-state index is 12.1. The van der Waals surface area contributed by atoms with Gasteiger partial charge in [0, 0.05) is 9.13 Å². The molecule has 0 heterocycles. The first-order valence-electron chi connectivity index (χ1n) is 8.11. The van der Waals surface area contributed by atoms with Gasteiger partial charge in [0.15, 0.2) is 0 Å². The molecular formula is C20H16IN3O3. The van der Waals surface area contributed by atoms with E-state index in [1.165, 1.54) is 6.21 Å². The standard InChI is InChI=1S/C20H16IN3O3/c21-17-8-4-3-7-15(17)20(27)22-12-19(26)24-23-11-16-14-6-2-1-5-13(14)9-10-18(16)25/h1-11,25H,12H2,(H,22,27)(H,24,26)/b23-11+. The van der Waals surface area contributed by atoms with Crippen LogP contribution in [-0.2, 0) is 4.79 Å². The number of aromatic hydroxyl groups is 1. The van der Waals surface area contributed by atoms with Crippen LogP contribution in [0.1, 0.15) is 15.9 Å². The van der Waals surface area contributed by atoms with Crippen molar-refractivity contribution in [3.8, 4) is 5.75 Å². The maximum atomic E-state index is 12.1. The third-order valence-corrected chi connectivity index (χ3v) is 4.80. The van der Waals surface area contributed by atoms with Crippen LogP contribution < -0.4 is 10.7 Å². The molecule has 3 aromatic rings. The van der Waals surface area contributed by atoms with Crippen molar-refractivity contribution in [1.29, 1.82) is 0 Å². The van der Waals surface area contributed by atoms with Crippen molar-refractivity contribution in [3.05, 3.63) is 75.4 Å². The molecule has 3 aromatic carbocycles. The maximum Gasteiger partial charge on any atom is 0.259 e. The number of carbonyl (C=O) groups excluding carboxylic acids is 2. The van der Waals surface area contributed by atoms with E-state index in [-0.39, 0.29) is 18.2 Å². The number of benzene rings is 3. The Morgan fingerprint density at radius 2 is 1.78 bits per heavy atom. The van der Waals surface area contributed by atoms with Gasteiger partial charge in [-0.1, -0.05) is 42.5 Å². The molecule has 0 fully saturated rings. The summed E-state index contributed by atoms with van der Waals surface area (Å²) in [5.74, 6) is -0.727. The number of halogens is 1. The minimum Gasteiger partial charge on any atom is -0.507 e. The van der Waals surface area contributed by atoms with Crippen LogP contribution in [0.15, 0.2) is 65.8 Å². The van der Waals surface area contributed by atoms with E-state index in [2.05, 4.69) is 38.4 Å². The van der Waals surface area contributed by atoms with Crippen LogP contribution >= 0.6 is 22.6 Å². The predicted molar refractivity (Wildman–Crippen MR) is 113 cm³/mol. The number of hydrogen-bond acceptors (Lipinski definition) is 4. The normalized spacial score (nSPS) is 10.9. The van der Waals surface area contributed by atoms with Gasteiger partial charge in [-0.25, -0.2) is 5.43 Å². The topological polar surface area (TPSA) is 90.8 Å². The van der Waals surface area contributed by atoms with E-state index < -0.39 is 5.91 Å². The van der Waals surface area contributed by atoms with Crippen LogP contribution in [0, 0.1) is 3.57 Å². The first-order valence-corrected chi connectivity index (χ1v) is 9.19. The molecule has 0 aliphatic heterocycles. The van der Waals surface area contributed by atoms with Crippen molar-refractivity contribution in [1.82, 2.24) is 10.7 Å². The third-order valence-electron chi connectivity index (χ3n) is 3.86. The van der Waals surface area contributed by atoms with Crippen LogP contribution in [0.5, 0.6) is 5.75 Å². The summed E-state index contributed by atoms with van der Waals surface area (Å²) in [5, 5.41) is 18.2. The highest BCUT2D eigenvalue weighted by molar-refractivity contribution is 14.1. The van der Waals surface area contributed by atoms with Gasteiger partial charge >= 0.3 is 0 Å². The Bertz CT molecular complexity index is 1030. The Labute approximate surface area is 169 Å². The zero-order valence-electron chi connectivity index (χ0n) is 14.1. The largest absolute Gasteiger partial charge is 0.507 e. The fourth-order valence-electron chi connectivity index (χ4n) is 2.53. The molecule has 0 aliphatic rings. The number of amides is 2. The summed E-state index contributed by atoms with van der Waals surface area (Å²) in [4.78, 5) is 24.0. The number of hydrazone groups is 1. The summed E-state index contributed by atoms with van der Waals surface area (Å²) >= 11 is 2.06.